The zero-order valence-electron chi connectivity index (χ0n) is 10.8. The first kappa shape index (κ1) is 13.5. The van der Waals surface area contributed by atoms with Gasteiger partial charge < -0.3 is 19.9 Å². The molecule has 0 radical (unpaired) electrons. The van der Waals surface area contributed by atoms with Gasteiger partial charge in [-0.05, 0) is 46.4 Å². The maximum Gasteiger partial charge on any atom is 0.231 e. The van der Waals surface area contributed by atoms with Gasteiger partial charge in [-0.1, -0.05) is 12.1 Å². The number of rotatable bonds is 4. The number of nitrogens with two attached hydrogens (primary N) is 1. The van der Waals surface area contributed by atoms with E-state index in [2.05, 4.69) is 46.9 Å². The molecular formula is C15H14INO3. The fourth-order valence-corrected chi connectivity index (χ4v) is 2.36. The summed E-state index contributed by atoms with van der Waals surface area (Å²) in [5.41, 5.74) is 7.79. The molecule has 0 unspecified atom stereocenters. The van der Waals surface area contributed by atoms with Crippen LogP contribution in [0.2, 0.25) is 0 Å². The summed E-state index contributed by atoms with van der Waals surface area (Å²) >= 11 is 2.28. The van der Waals surface area contributed by atoms with Crippen LogP contribution < -0.4 is 19.9 Å². The summed E-state index contributed by atoms with van der Waals surface area (Å²) in [5, 5.41) is 0. The number of hydrogen-bond donors (Lipinski definition) is 1. The van der Waals surface area contributed by atoms with Crippen LogP contribution in [0.3, 0.4) is 0 Å². The maximum absolute atomic E-state index is 5.86. The van der Waals surface area contributed by atoms with E-state index in [-0.39, 0.29) is 6.79 Å². The standard InChI is InChI=1S/C15H14INO3/c16-12-3-1-10(2-4-12)8-18-13-6-15-14(19-9-20-15)5-11(13)7-17/h1-6H,7-9,17H2. The van der Waals surface area contributed by atoms with Crippen LogP contribution in [-0.2, 0) is 13.2 Å². The molecule has 0 aliphatic carbocycles. The zero-order valence-corrected chi connectivity index (χ0v) is 12.9. The lowest BCUT2D eigenvalue weighted by Crippen LogP contribution is -2.03. The normalized spacial score (nSPS) is 12.5. The average molecular weight is 383 g/mol. The molecule has 3 rings (SSSR count). The lowest BCUT2D eigenvalue weighted by Gasteiger charge is -2.11. The first-order valence-electron chi connectivity index (χ1n) is 6.26. The summed E-state index contributed by atoms with van der Waals surface area (Å²) in [6.45, 7) is 1.15. The average Bonchev–Trinajstić information content (AvgIpc) is 2.92. The zero-order chi connectivity index (χ0) is 13.9. The van der Waals surface area contributed by atoms with Gasteiger partial charge in [0.1, 0.15) is 12.4 Å². The fourth-order valence-electron chi connectivity index (χ4n) is 2.00. The number of benzene rings is 2. The molecule has 2 N–H and O–H groups in total. The Balaban J connectivity index is 1.78. The van der Waals surface area contributed by atoms with Crippen LogP contribution in [0.15, 0.2) is 36.4 Å². The van der Waals surface area contributed by atoms with Gasteiger partial charge in [-0.15, -0.1) is 0 Å². The van der Waals surface area contributed by atoms with Gasteiger partial charge in [0, 0.05) is 21.7 Å². The van der Waals surface area contributed by atoms with E-state index in [1.165, 1.54) is 3.57 Å². The molecule has 1 heterocycles. The molecule has 0 bridgehead atoms. The fraction of sp³-hybridized carbons (Fsp3) is 0.200. The van der Waals surface area contributed by atoms with Crippen molar-refractivity contribution in [1.82, 2.24) is 0 Å². The molecule has 0 spiro atoms. The van der Waals surface area contributed by atoms with Gasteiger partial charge in [-0.3, -0.25) is 0 Å². The predicted octanol–water partition coefficient (Wildman–Crippen LogP) is 3.06. The second-order valence-electron chi connectivity index (χ2n) is 4.43. The van der Waals surface area contributed by atoms with Crippen molar-refractivity contribution in [3.63, 3.8) is 0 Å². The summed E-state index contributed by atoms with van der Waals surface area (Å²) in [6, 6.07) is 11.9. The molecule has 0 fully saturated rings. The first-order chi connectivity index (χ1) is 9.76. The molecule has 0 amide bonds. The van der Waals surface area contributed by atoms with E-state index >= 15 is 0 Å². The predicted molar refractivity (Wildman–Crippen MR) is 83.9 cm³/mol. The minimum absolute atomic E-state index is 0.250. The van der Waals surface area contributed by atoms with Gasteiger partial charge in [0.15, 0.2) is 11.5 Å². The molecule has 0 saturated carbocycles. The molecule has 104 valence electrons. The molecule has 0 saturated heterocycles. The van der Waals surface area contributed by atoms with E-state index in [0.29, 0.717) is 18.9 Å². The van der Waals surface area contributed by atoms with Gasteiger partial charge in [-0.25, -0.2) is 0 Å². The van der Waals surface area contributed by atoms with Gasteiger partial charge in [-0.2, -0.15) is 0 Å². The van der Waals surface area contributed by atoms with Gasteiger partial charge in [0.05, 0.1) is 0 Å². The summed E-state index contributed by atoms with van der Waals surface area (Å²) in [4.78, 5) is 0. The Labute approximate surface area is 131 Å². The van der Waals surface area contributed by atoms with Crippen LogP contribution >= 0.6 is 22.6 Å². The van der Waals surface area contributed by atoms with E-state index in [1.54, 1.807) is 0 Å². The monoisotopic (exact) mass is 383 g/mol. The maximum atomic E-state index is 5.86. The first-order valence-corrected chi connectivity index (χ1v) is 7.34. The van der Waals surface area contributed by atoms with Gasteiger partial charge >= 0.3 is 0 Å². The lowest BCUT2D eigenvalue weighted by atomic mass is 10.1. The van der Waals surface area contributed by atoms with E-state index < -0.39 is 0 Å². The second-order valence-corrected chi connectivity index (χ2v) is 5.68. The Morgan fingerprint density at radius 1 is 1.10 bits per heavy atom. The van der Waals surface area contributed by atoms with Crippen molar-refractivity contribution in [1.29, 1.82) is 0 Å². The lowest BCUT2D eigenvalue weighted by molar-refractivity contribution is 0.173. The molecule has 1 aliphatic heterocycles. The van der Waals surface area contributed by atoms with Crippen molar-refractivity contribution in [2.75, 3.05) is 6.79 Å². The van der Waals surface area contributed by atoms with Crippen LogP contribution in [0.1, 0.15) is 11.1 Å². The van der Waals surface area contributed by atoms with Crippen LogP contribution in [0.25, 0.3) is 0 Å². The molecule has 0 atom stereocenters. The van der Waals surface area contributed by atoms with Gasteiger partial charge in [0.2, 0.25) is 6.79 Å². The van der Waals surface area contributed by atoms with E-state index in [1.807, 2.05) is 12.1 Å². The third-order valence-corrected chi connectivity index (χ3v) is 3.80. The Hall–Kier alpha value is -1.47. The third-order valence-electron chi connectivity index (χ3n) is 3.08. The van der Waals surface area contributed by atoms with Crippen molar-refractivity contribution in [3.8, 4) is 17.2 Å². The minimum Gasteiger partial charge on any atom is -0.488 e. The number of hydrogen-bond acceptors (Lipinski definition) is 4. The van der Waals surface area contributed by atoms with Crippen LogP contribution in [-0.4, -0.2) is 6.79 Å². The van der Waals surface area contributed by atoms with Gasteiger partial charge in [0.25, 0.3) is 0 Å². The SMILES string of the molecule is NCc1cc2c(cc1OCc1ccc(I)cc1)OCO2. The van der Waals surface area contributed by atoms with Crippen molar-refractivity contribution >= 4 is 22.6 Å². The van der Waals surface area contributed by atoms with Crippen molar-refractivity contribution in [3.05, 3.63) is 51.1 Å². The molecule has 4 nitrogen and oxygen atoms in total. The summed E-state index contributed by atoms with van der Waals surface area (Å²) in [6.07, 6.45) is 0. The van der Waals surface area contributed by atoms with E-state index in [9.17, 15) is 0 Å². The number of fused-ring (bicyclic) bond motifs is 1. The highest BCUT2D eigenvalue weighted by molar-refractivity contribution is 14.1. The highest BCUT2D eigenvalue weighted by atomic mass is 127. The van der Waals surface area contributed by atoms with Crippen LogP contribution in [0.4, 0.5) is 0 Å². The molecule has 2 aromatic rings. The largest absolute Gasteiger partial charge is 0.488 e. The van der Waals surface area contributed by atoms with Crippen molar-refractivity contribution < 1.29 is 14.2 Å². The van der Waals surface area contributed by atoms with Crippen LogP contribution in [0.5, 0.6) is 17.2 Å². The van der Waals surface area contributed by atoms with E-state index in [0.717, 1.165) is 22.6 Å². The number of halogens is 1. The highest BCUT2D eigenvalue weighted by Crippen LogP contribution is 2.38. The topological polar surface area (TPSA) is 53.7 Å². The number of ether oxygens (including phenoxy) is 3. The molecular weight excluding hydrogens is 369 g/mol. The summed E-state index contributed by atoms with van der Waals surface area (Å²) in [5.74, 6) is 2.18. The van der Waals surface area contributed by atoms with Crippen molar-refractivity contribution in [2.24, 2.45) is 5.73 Å². The summed E-state index contributed by atoms with van der Waals surface area (Å²) < 4.78 is 17.8. The summed E-state index contributed by atoms with van der Waals surface area (Å²) in [7, 11) is 0. The third kappa shape index (κ3) is 2.83. The molecule has 5 heteroatoms. The van der Waals surface area contributed by atoms with Crippen molar-refractivity contribution in [2.45, 2.75) is 13.2 Å². The molecule has 20 heavy (non-hydrogen) atoms. The van der Waals surface area contributed by atoms with E-state index in [4.69, 9.17) is 19.9 Å². The smallest absolute Gasteiger partial charge is 0.231 e. The Morgan fingerprint density at radius 2 is 1.80 bits per heavy atom. The second kappa shape index (κ2) is 5.88. The Bertz CT molecular complexity index is 613. The molecule has 0 aromatic heterocycles. The minimum atomic E-state index is 0.250. The molecule has 1 aliphatic rings. The van der Waals surface area contributed by atoms with Crippen LogP contribution in [0, 0.1) is 3.57 Å². The highest BCUT2D eigenvalue weighted by Gasteiger charge is 2.17. The Morgan fingerprint density at radius 3 is 2.50 bits per heavy atom. The quantitative estimate of drug-likeness (QED) is 0.825. The Kier molecular flexibility index (Phi) is 3.98. The molecule has 2 aromatic carbocycles.